The lowest BCUT2D eigenvalue weighted by molar-refractivity contribution is -0.121. The molecule has 0 aliphatic carbocycles. The van der Waals surface area contributed by atoms with E-state index in [1.807, 2.05) is 47.2 Å². The second kappa shape index (κ2) is 6.52. The molecular weight excluding hydrogens is 318 g/mol. The number of carbonyl (C=O) groups excluding carboxylic acids is 1. The monoisotopic (exact) mass is 333 g/mol. The van der Waals surface area contributed by atoms with Gasteiger partial charge in [-0.3, -0.25) is 9.36 Å². The van der Waals surface area contributed by atoms with Crippen LogP contribution in [-0.4, -0.2) is 35.4 Å². The Morgan fingerprint density at radius 3 is 2.88 bits per heavy atom. The first kappa shape index (κ1) is 15.0. The quantitative estimate of drug-likeness (QED) is 0.595. The number of nitrogens with one attached hydrogen (secondary N) is 1. The fourth-order valence-corrected chi connectivity index (χ4v) is 2.50. The van der Waals surface area contributed by atoms with E-state index in [-0.39, 0.29) is 12.5 Å². The number of imidazole rings is 1. The molecule has 0 bridgehead atoms. The molecular formula is C17H15N7O. The first-order valence-electron chi connectivity index (χ1n) is 7.78. The molecule has 1 N–H and O–H groups in total. The molecule has 1 amide bonds. The van der Waals surface area contributed by atoms with E-state index in [4.69, 9.17) is 0 Å². The number of hydrogen-bond acceptors (Lipinski definition) is 5. The summed E-state index contributed by atoms with van der Waals surface area (Å²) in [7, 11) is 0. The molecule has 0 spiro atoms. The highest BCUT2D eigenvalue weighted by atomic mass is 16.2. The smallest absolute Gasteiger partial charge is 0.242 e. The zero-order valence-electron chi connectivity index (χ0n) is 13.3. The largest absolute Gasteiger partial charge is 0.350 e. The van der Waals surface area contributed by atoms with Crippen LogP contribution in [0.4, 0.5) is 0 Å². The number of amides is 1. The van der Waals surface area contributed by atoms with Crippen molar-refractivity contribution in [1.29, 1.82) is 0 Å². The minimum Gasteiger partial charge on any atom is -0.350 e. The van der Waals surface area contributed by atoms with Crippen LogP contribution in [0.2, 0.25) is 0 Å². The van der Waals surface area contributed by atoms with Crippen molar-refractivity contribution in [3.05, 3.63) is 66.9 Å². The molecule has 0 aliphatic heterocycles. The fourth-order valence-electron chi connectivity index (χ4n) is 2.50. The van der Waals surface area contributed by atoms with E-state index in [1.54, 1.807) is 23.4 Å². The van der Waals surface area contributed by atoms with E-state index in [9.17, 15) is 4.79 Å². The first-order chi connectivity index (χ1) is 12.3. The molecule has 8 heteroatoms. The first-order valence-corrected chi connectivity index (χ1v) is 7.78. The number of pyridine rings is 1. The SMILES string of the molecule is O=C(Cn1nnc2ccccc21)NCc1ccc(-n2ccnc2)nc1. The molecule has 0 fully saturated rings. The Morgan fingerprint density at radius 2 is 2.08 bits per heavy atom. The highest BCUT2D eigenvalue weighted by Crippen LogP contribution is 2.09. The van der Waals surface area contributed by atoms with Crippen molar-refractivity contribution in [3.63, 3.8) is 0 Å². The average molecular weight is 333 g/mol. The minimum atomic E-state index is -0.130. The van der Waals surface area contributed by atoms with Crippen LogP contribution in [0.3, 0.4) is 0 Å². The van der Waals surface area contributed by atoms with Crippen molar-refractivity contribution >= 4 is 16.9 Å². The summed E-state index contributed by atoms with van der Waals surface area (Å²) >= 11 is 0. The summed E-state index contributed by atoms with van der Waals surface area (Å²) in [6, 6.07) is 11.3. The Hall–Kier alpha value is -3.55. The number of benzene rings is 1. The number of carbonyl (C=O) groups is 1. The second-order valence-electron chi connectivity index (χ2n) is 5.51. The van der Waals surface area contributed by atoms with Crippen LogP contribution in [0.1, 0.15) is 5.56 Å². The average Bonchev–Trinajstić information content (AvgIpc) is 3.31. The number of aromatic nitrogens is 6. The van der Waals surface area contributed by atoms with Gasteiger partial charge in [0.15, 0.2) is 0 Å². The molecule has 0 radical (unpaired) electrons. The number of fused-ring (bicyclic) bond motifs is 1. The van der Waals surface area contributed by atoms with Crippen LogP contribution in [0, 0.1) is 0 Å². The molecule has 0 saturated heterocycles. The van der Waals surface area contributed by atoms with Crippen LogP contribution < -0.4 is 5.32 Å². The third-order valence-corrected chi connectivity index (χ3v) is 3.78. The van der Waals surface area contributed by atoms with Gasteiger partial charge in [0, 0.05) is 25.1 Å². The molecule has 8 nitrogen and oxygen atoms in total. The predicted molar refractivity (Wildman–Crippen MR) is 90.7 cm³/mol. The number of rotatable bonds is 5. The Balaban J connectivity index is 1.37. The van der Waals surface area contributed by atoms with Crippen molar-refractivity contribution in [2.45, 2.75) is 13.1 Å². The van der Waals surface area contributed by atoms with Gasteiger partial charge in [-0.15, -0.1) is 5.10 Å². The predicted octanol–water partition coefficient (Wildman–Crippen LogP) is 1.33. The van der Waals surface area contributed by atoms with E-state index in [2.05, 4.69) is 25.6 Å². The number of hydrogen-bond donors (Lipinski definition) is 1. The maximum Gasteiger partial charge on any atom is 0.242 e. The van der Waals surface area contributed by atoms with Gasteiger partial charge in [0.25, 0.3) is 0 Å². The van der Waals surface area contributed by atoms with Crippen LogP contribution in [-0.2, 0) is 17.9 Å². The van der Waals surface area contributed by atoms with Crippen molar-refractivity contribution in [2.24, 2.45) is 0 Å². The zero-order chi connectivity index (χ0) is 17.1. The topological polar surface area (TPSA) is 90.5 Å². The van der Waals surface area contributed by atoms with Gasteiger partial charge in [0.2, 0.25) is 5.91 Å². The summed E-state index contributed by atoms with van der Waals surface area (Å²) in [6.07, 6.45) is 6.95. The van der Waals surface area contributed by atoms with Gasteiger partial charge in [0.1, 0.15) is 24.2 Å². The zero-order valence-corrected chi connectivity index (χ0v) is 13.3. The highest BCUT2D eigenvalue weighted by molar-refractivity contribution is 5.79. The van der Waals surface area contributed by atoms with Crippen LogP contribution in [0.5, 0.6) is 0 Å². The van der Waals surface area contributed by atoms with Gasteiger partial charge in [-0.25, -0.2) is 14.6 Å². The van der Waals surface area contributed by atoms with Crippen LogP contribution in [0.25, 0.3) is 16.9 Å². The highest BCUT2D eigenvalue weighted by Gasteiger charge is 2.08. The van der Waals surface area contributed by atoms with Gasteiger partial charge in [-0.1, -0.05) is 23.4 Å². The number of para-hydroxylation sites is 1. The minimum absolute atomic E-state index is 0.126. The van der Waals surface area contributed by atoms with E-state index in [0.29, 0.717) is 6.54 Å². The summed E-state index contributed by atoms with van der Waals surface area (Å²) in [4.78, 5) is 20.5. The Kier molecular flexibility index (Phi) is 3.91. The Labute approximate surface area is 143 Å². The third-order valence-electron chi connectivity index (χ3n) is 3.78. The molecule has 0 atom stereocenters. The normalized spacial score (nSPS) is 10.9. The van der Waals surface area contributed by atoms with Crippen molar-refractivity contribution in [1.82, 2.24) is 34.8 Å². The molecule has 1 aromatic carbocycles. The van der Waals surface area contributed by atoms with E-state index in [1.165, 1.54) is 0 Å². The molecule has 4 rings (SSSR count). The van der Waals surface area contributed by atoms with Gasteiger partial charge in [-0.2, -0.15) is 0 Å². The summed E-state index contributed by atoms with van der Waals surface area (Å²) < 4.78 is 3.41. The van der Waals surface area contributed by atoms with Gasteiger partial charge in [-0.05, 0) is 23.8 Å². The molecule has 3 heterocycles. The lowest BCUT2D eigenvalue weighted by Crippen LogP contribution is -2.27. The summed E-state index contributed by atoms with van der Waals surface area (Å²) in [5.74, 6) is 0.649. The Bertz CT molecular complexity index is 989. The molecule has 124 valence electrons. The van der Waals surface area contributed by atoms with Crippen molar-refractivity contribution in [3.8, 4) is 5.82 Å². The standard InChI is InChI=1S/C17H15N7O/c25-17(11-24-15-4-2-1-3-14(15)21-22-24)20-10-13-5-6-16(19-9-13)23-8-7-18-12-23/h1-9,12H,10-11H2,(H,20,25). The Morgan fingerprint density at radius 1 is 1.16 bits per heavy atom. The lowest BCUT2D eigenvalue weighted by atomic mass is 10.3. The molecule has 0 saturated carbocycles. The summed E-state index contributed by atoms with van der Waals surface area (Å²) in [6.45, 7) is 0.531. The summed E-state index contributed by atoms with van der Waals surface area (Å²) in [5, 5.41) is 10.9. The maximum absolute atomic E-state index is 12.1. The molecule has 25 heavy (non-hydrogen) atoms. The fraction of sp³-hybridized carbons (Fsp3) is 0.118. The molecule has 3 aromatic heterocycles. The maximum atomic E-state index is 12.1. The third kappa shape index (κ3) is 3.23. The second-order valence-corrected chi connectivity index (χ2v) is 5.51. The molecule has 0 unspecified atom stereocenters. The van der Waals surface area contributed by atoms with E-state index in [0.717, 1.165) is 22.4 Å². The van der Waals surface area contributed by atoms with Crippen LogP contribution >= 0.6 is 0 Å². The number of nitrogens with zero attached hydrogens (tertiary/aromatic N) is 6. The van der Waals surface area contributed by atoms with E-state index < -0.39 is 0 Å². The van der Waals surface area contributed by atoms with Crippen LogP contribution in [0.15, 0.2) is 61.3 Å². The van der Waals surface area contributed by atoms with Gasteiger partial charge < -0.3 is 5.32 Å². The van der Waals surface area contributed by atoms with Crippen molar-refractivity contribution < 1.29 is 4.79 Å². The molecule has 0 aliphatic rings. The molecule has 4 aromatic rings. The van der Waals surface area contributed by atoms with E-state index >= 15 is 0 Å². The van der Waals surface area contributed by atoms with Gasteiger partial charge in [0.05, 0.1) is 5.52 Å². The van der Waals surface area contributed by atoms with Crippen molar-refractivity contribution in [2.75, 3.05) is 0 Å². The van der Waals surface area contributed by atoms with Gasteiger partial charge >= 0.3 is 0 Å². The lowest BCUT2D eigenvalue weighted by Gasteiger charge is -2.07. The summed E-state index contributed by atoms with van der Waals surface area (Å²) in [5.41, 5.74) is 2.53.